The molecule has 6 heteroatoms. The summed E-state index contributed by atoms with van der Waals surface area (Å²) in [6.45, 7) is 3.85. The van der Waals surface area contributed by atoms with Crippen LogP contribution in [0.15, 0.2) is 59.8 Å². The highest BCUT2D eigenvalue weighted by atomic mass is 16.2. The second kappa shape index (κ2) is 6.95. The number of amides is 1. The molecule has 0 spiro atoms. The number of rotatable bonds is 2. The molecular weight excluding hydrogens is 364 g/mol. The summed E-state index contributed by atoms with van der Waals surface area (Å²) in [6, 6.07) is 11.4. The van der Waals surface area contributed by atoms with Crippen LogP contribution in [0, 0.1) is 12.8 Å². The Morgan fingerprint density at radius 3 is 2.72 bits per heavy atom. The standard InChI is InChI=1S/C23H22N4O2/c1-15-4-2-7-25-22(15)23(29)26-12-16-8-19(14-26)20-9-18(10-21(28)27(20)13-16)17-5-3-6-24-11-17/h2-7,9-11,16,19H,8,12-14H2,1H3/t16-,19+/m0/s1. The lowest BCUT2D eigenvalue weighted by Crippen LogP contribution is -2.49. The van der Waals surface area contributed by atoms with Gasteiger partial charge in [0.25, 0.3) is 11.5 Å². The van der Waals surface area contributed by atoms with Gasteiger partial charge in [-0.15, -0.1) is 0 Å². The third-order valence-corrected chi connectivity index (χ3v) is 6.05. The van der Waals surface area contributed by atoms with Crippen LogP contribution in [0.4, 0.5) is 0 Å². The maximum absolute atomic E-state index is 13.1. The number of carbonyl (C=O) groups excluding carboxylic acids is 1. The van der Waals surface area contributed by atoms with Gasteiger partial charge in [0.1, 0.15) is 5.69 Å². The van der Waals surface area contributed by atoms with Crippen molar-refractivity contribution < 1.29 is 4.79 Å². The maximum Gasteiger partial charge on any atom is 0.272 e. The maximum atomic E-state index is 13.1. The van der Waals surface area contributed by atoms with Crippen molar-refractivity contribution in [3.05, 3.63) is 82.3 Å². The number of hydrogen-bond acceptors (Lipinski definition) is 4. The smallest absolute Gasteiger partial charge is 0.272 e. The van der Waals surface area contributed by atoms with Gasteiger partial charge in [-0.1, -0.05) is 12.1 Å². The van der Waals surface area contributed by atoms with Crippen molar-refractivity contribution in [1.29, 1.82) is 0 Å². The zero-order chi connectivity index (χ0) is 20.0. The molecule has 1 saturated heterocycles. The Bertz CT molecular complexity index is 1140. The van der Waals surface area contributed by atoms with Crippen molar-refractivity contribution in [1.82, 2.24) is 19.4 Å². The molecule has 0 unspecified atom stereocenters. The molecule has 3 aromatic rings. The second-order valence-corrected chi connectivity index (χ2v) is 8.04. The highest BCUT2D eigenvalue weighted by Gasteiger charge is 2.37. The van der Waals surface area contributed by atoms with Gasteiger partial charge in [-0.3, -0.25) is 19.6 Å². The largest absolute Gasteiger partial charge is 0.336 e. The van der Waals surface area contributed by atoms with E-state index >= 15 is 0 Å². The van der Waals surface area contributed by atoms with E-state index in [-0.39, 0.29) is 23.3 Å². The number of pyridine rings is 3. The van der Waals surface area contributed by atoms with E-state index in [1.54, 1.807) is 24.7 Å². The van der Waals surface area contributed by atoms with E-state index < -0.39 is 0 Å². The average Bonchev–Trinajstić information content (AvgIpc) is 2.75. The van der Waals surface area contributed by atoms with Crippen molar-refractivity contribution in [3.8, 4) is 11.1 Å². The average molecular weight is 386 g/mol. The summed E-state index contributed by atoms with van der Waals surface area (Å²) in [4.78, 5) is 36.3. The lowest BCUT2D eigenvalue weighted by molar-refractivity contribution is 0.0588. The molecule has 5 heterocycles. The number of aromatic nitrogens is 3. The lowest BCUT2D eigenvalue weighted by atomic mass is 9.82. The molecule has 2 atom stereocenters. The third-order valence-electron chi connectivity index (χ3n) is 6.05. The monoisotopic (exact) mass is 386 g/mol. The van der Waals surface area contributed by atoms with E-state index in [0.717, 1.165) is 28.8 Å². The predicted octanol–water partition coefficient (Wildman–Crippen LogP) is 2.87. The minimum atomic E-state index is -0.0167. The zero-order valence-electron chi connectivity index (χ0n) is 16.3. The number of likely N-dealkylation sites (tertiary alicyclic amines) is 1. The lowest BCUT2D eigenvalue weighted by Gasteiger charge is -2.43. The van der Waals surface area contributed by atoms with Gasteiger partial charge in [0.2, 0.25) is 0 Å². The van der Waals surface area contributed by atoms with Gasteiger partial charge in [0.15, 0.2) is 0 Å². The van der Waals surface area contributed by atoms with E-state index in [4.69, 9.17) is 0 Å². The number of carbonyl (C=O) groups is 1. The van der Waals surface area contributed by atoms with E-state index in [1.807, 2.05) is 40.7 Å². The normalized spacial score (nSPS) is 20.2. The quantitative estimate of drug-likeness (QED) is 0.679. The summed E-state index contributed by atoms with van der Waals surface area (Å²) < 4.78 is 1.90. The summed E-state index contributed by atoms with van der Waals surface area (Å²) in [5, 5.41) is 0. The Kier molecular flexibility index (Phi) is 4.27. The molecule has 2 bridgehead atoms. The van der Waals surface area contributed by atoms with Crippen LogP contribution in [0.5, 0.6) is 0 Å². The second-order valence-electron chi connectivity index (χ2n) is 8.04. The third kappa shape index (κ3) is 3.14. The molecule has 0 N–H and O–H groups in total. The van der Waals surface area contributed by atoms with Crippen LogP contribution in [0.25, 0.3) is 11.1 Å². The van der Waals surface area contributed by atoms with Crippen LogP contribution in [-0.4, -0.2) is 38.4 Å². The first-order valence-corrected chi connectivity index (χ1v) is 9.96. The molecule has 5 rings (SSSR count). The number of aryl methyl sites for hydroxylation is 1. The topological polar surface area (TPSA) is 68.1 Å². The zero-order valence-corrected chi connectivity index (χ0v) is 16.3. The highest BCUT2D eigenvalue weighted by molar-refractivity contribution is 5.93. The minimum absolute atomic E-state index is 0.0167. The highest BCUT2D eigenvalue weighted by Crippen LogP contribution is 2.37. The molecule has 2 aliphatic rings. The van der Waals surface area contributed by atoms with Crippen molar-refractivity contribution in [2.75, 3.05) is 13.1 Å². The van der Waals surface area contributed by atoms with Crippen LogP contribution >= 0.6 is 0 Å². The summed E-state index contributed by atoms with van der Waals surface area (Å²) in [6.07, 6.45) is 6.17. The van der Waals surface area contributed by atoms with Gasteiger partial charge >= 0.3 is 0 Å². The molecule has 0 radical (unpaired) electrons. The fourth-order valence-electron chi connectivity index (χ4n) is 4.68. The molecule has 3 aromatic heterocycles. The van der Waals surface area contributed by atoms with E-state index in [1.165, 1.54) is 0 Å². The van der Waals surface area contributed by atoms with Gasteiger partial charge < -0.3 is 9.47 Å². The SMILES string of the molecule is Cc1cccnc1C(=O)N1C[C@@H]2C[C@H](C1)c1cc(-c3cccnc3)cc(=O)n1C2. The molecule has 29 heavy (non-hydrogen) atoms. The van der Waals surface area contributed by atoms with Crippen LogP contribution in [0.2, 0.25) is 0 Å². The Morgan fingerprint density at radius 1 is 1.07 bits per heavy atom. The molecule has 1 fully saturated rings. The molecule has 0 aliphatic carbocycles. The van der Waals surface area contributed by atoms with Crippen LogP contribution in [0.1, 0.15) is 34.1 Å². The first-order valence-electron chi connectivity index (χ1n) is 9.96. The summed E-state index contributed by atoms with van der Waals surface area (Å²) in [5.41, 5.74) is 4.27. The fourth-order valence-corrected chi connectivity index (χ4v) is 4.68. The van der Waals surface area contributed by atoms with E-state index in [9.17, 15) is 9.59 Å². The van der Waals surface area contributed by atoms with Gasteiger partial charge in [0, 0.05) is 61.5 Å². The van der Waals surface area contributed by atoms with Crippen molar-refractivity contribution in [2.24, 2.45) is 5.92 Å². The van der Waals surface area contributed by atoms with Gasteiger partial charge in [-0.05, 0) is 48.6 Å². The van der Waals surface area contributed by atoms with Gasteiger partial charge in [-0.2, -0.15) is 0 Å². The van der Waals surface area contributed by atoms with E-state index in [2.05, 4.69) is 16.0 Å². The molecule has 0 aromatic carbocycles. The Morgan fingerprint density at radius 2 is 1.93 bits per heavy atom. The first kappa shape index (κ1) is 17.8. The molecular formula is C23H22N4O2. The molecule has 146 valence electrons. The summed E-state index contributed by atoms with van der Waals surface area (Å²) in [7, 11) is 0. The molecule has 0 saturated carbocycles. The van der Waals surface area contributed by atoms with Crippen LogP contribution < -0.4 is 5.56 Å². The Hall–Kier alpha value is -3.28. The first-order chi connectivity index (χ1) is 14.1. The predicted molar refractivity (Wildman–Crippen MR) is 110 cm³/mol. The van der Waals surface area contributed by atoms with Gasteiger partial charge in [0.05, 0.1) is 0 Å². The van der Waals surface area contributed by atoms with Crippen LogP contribution in [-0.2, 0) is 6.54 Å². The van der Waals surface area contributed by atoms with Crippen molar-refractivity contribution in [3.63, 3.8) is 0 Å². The van der Waals surface area contributed by atoms with E-state index in [0.29, 0.717) is 25.3 Å². The number of nitrogens with zero attached hydrogens (tertiary/aromatic N) is 4. The molecule has 1 amide bonds. The van der Waals surface area contributed by atoms with Crippen molar-refractivity contribution in [2.45, 2.75) is 25.8 Å². The summed E-state index contributed by atoms with van der Waals surface area (Å²) >= 11 is 0. The fraction of sp³-hybridized carbons (Fsp3) is 0.304. The number of fused-ring (bicyclic) bond motifs is 4. The number of piperidine rings is 1. The minimum Gasteiger partial charge on any atom is -0.336 e. The Balaban J connectivity index is 1.50. The van der Waals surface area contributed by atoms with Gasteiger partial charge in [-0.25, -0.2) is 0 Å². The Labute approximate surface area is 168 Å². The molecule has 6 nitrogen and oxygen atoms in total. The van der Waals surface area contributed by atoms with Crippen molar-refractivity contribution >= 4 is 5.91 Å². The summed E-state index contributed by atoms with van der Waals surface area (Å²) in [5.74, 6) is 0.424. The van der Waals surface area contributed by atoms with Crippen LogP contribution in [0.3, 0.4) is 0 Å². The number of hydrogen-bond donors (Lipinski definition) is 0. The molecule has 2 aliphatic heterocycles.